The Balaban J connectivity index is 1.99. The van der Waals surface area contributed by atoms with Crippen molar-refractivity contribution in [2.45, 2.75) is 45.5 Å². The third-order valence-electron chi connectivity index (χ3n) is 4.42. The average Bonchev–Trinajstić information content (AvgIpc) is 2.49. The molecule has 0 fully saturated rings. The first-order valence-corrected chi connectivity index (χ1v) is 10.8. The van der Waals surface area contributed by atoms with Crippen LogP contribution in [0.1, 0.15) is 37.6 Å². The van der Waals surface area contributed by atoms with Crippen molar-refractivity contribution in [2.24, 2.45) is 0 Å². The number of rotatable bonds is 5. The van der Waals surface area contributed by atoms with Crippen molar-refractivity contribution in [3.63, 3.8) is 0 Å². The van der Waals surface area contributed by atoms with Gasteiger partial charge in [-0.3, -0.25) is 4.98 Å². The molecule has 1 aromatic heterocycles. The summed E-state index contributed by atoms with van der Waals surface area (Å²) in [4.78, 5) is 4.30. The SMILES string of the molecule is CC(C)(C)[Si](C)(C)OCc1ccc([C]c2ccc(F)c(F)c2)nc1. The Labute approximate surface area is 144 Å². The van der Waals surface area contributed by atoms with E-state index in [1.54, 1.807) is 12.3 Å². The fourth-order valence-corrected chi connectivity index (χ4v) is 2.75. The van der Waals surface area contributed by atoms with Crippen LogP contribution >= 0.6 is 0 Å². The number of aromatic nitrogens is 1. The zero-order valence-electron chi connectivity index (χ0n) is 14.8. The molecule has 2 nitrogen and oxygen atoms in total. The molecular formula is C19H23F2NOSi. The zero-order valence-corrected chi connectivity index (χ0v) is 15.8. The molecule has 0 saturated heterocycles. The summed E-state index contributed by atoms with van der Waals surface area (Å²) in [6, 6.07) is 7.37. The Hall–Kier alpha value is -1.59. The fourth-order valence-electron chi connectivity index (χ4n) is 1.79. The Bertz CT molecular complexity index is 694. The molecule has 0 aliphatic rings. The summed E-state index contributed by atoms with van der Waals surface area (Å²) in [5.41, 5.74) is 2.00. The first kappa shape index (κ1) is 18.7. The van der Waals surface area contributed by atoms with E-state index in [-0.39, 0.29) is 5.04 Å². The second kappa shape index (κ2) is 7.11. The van der Waals surface area contributed by atoms with Gasteiger partial charge >= 0.3 is 0 Å². The van der Waals surface area contributed by atoms with Gasteiger partial charge in [0.05, 0.1) is 18.7 Å². The lowest BCUT2D eigenvalue weighted by Gasteiger charge is -2.36. The van der Waals surface area contributed by atoms with Gasteiger partial charge in [0.15, 0.2) is 20.0 Å². The predicted octanol–water partition coefficient (Wildman–Crippen LogP) is 5.36. The second-order valence-corrected chi connectivity index (χ2v) is 12.2. The summed E-state index contributed by atoms with van der Waals surface area (Å²) in [6.07, 6.45) is 4.68. The third-order valence-corrected chi connectivity index (χ3v) is 8.90. The highest BCUT2D eigenvalue weighted by atomic mass is 28.4. The van der Waals surface area contributed by atoms with Gasteiger partial charge in [-0.1, -0.05) is 32.9 Å². The van der Waals surface area contributed by atoms with Gasteiger partial charge in [-0.25, -0.2) is 8.78 Å². The van der Waals surface area contributed by atoms with Gasteiger partial charge in [0.1, 0.15) is 0 Å². The monoisotopic (exact) mass is 347 g/mol. The van der Waals surface area contributed by atoms with Crippen molar-refractivity contribution < 1.29 is 13.2 Å². The van der Waals surface area contributed by atoms with Crippen molar-refractivity contribution in [1.82, 2.24) is 4.98 Å². The Kier molecular flexibility index (Phi) is 5.55. The first-order valence-electron chi connectivity index (χ1n) is 7.89. The van der Waals surface area contributed by atoms with Crippen LogP contribution < -0.4 is 0 Å². The number of hydrogen-bond acceptors (Lipinski definition) is 2. The van der Waals surface area contributed by atoms with E-state index in [0.29, 0.717) is 17.9 Å². The first-order chi connectivity index (χ1) is 11.1. The van der Waals surface area contributed by atoms with E-state index in [4.69, 9.17) is 4.43 Å². The maximum absolute atomic E-state index is 13.2. The molecule has 0 amide bonds. The smallest absolute Gasteiger partial charge is 0.192 e. The van der Waals surface area contributed by atoms with Crippen LogP contribution in [0, 0.1) is 18.1 Å². The molecule has 2 aromatic rings. The molecule has 128 valence electrons. The summed E-state index contributed by atoms with van der Waals surface area (Å²) in [6.45, 7) is 11.5. The van der Waals surface area contributed by atoms with Crippen LogP contribution in [0.3, 0.4) is 0 Å². The van der Waals surface area contributed by atoms with E-state index >= 15 is 0 Å². The van der Waals surface area contributed by atoms with Gasteiger partial charge in [0, 0.05) is 6.20 Å². The number of nitrogens with zero attached hydrogens (tertiary/aromatic N) is 1. The summed E-state index contributed by atoms with van der Waals surface area (Å²) in [7, 11) is -1.79. The van der Waals surface area contributed by atoms with Gasteiger partial charge in [-0.05, 0) is 47.5 Å². The molecule has 2 radical (unpaired) electrons. The number of hydrogen-bond donors (Lipinski definition) is 0. The molecule has 24 heavy (non-hydrogen) atoms. The van der Waals surface area contributed by atoms with E-state index in [2.05, 4.69) is 45.3 Å². The molecule has 0 spiro atoms. The summed E-state index contributed by atoms with van der Waals surface area (Å²) >= 11 is 0. The van der Waals surface area contributed by atoms with E-state index in [1.165, 1.54) is 6.07 Å². The van der Waals surface area contributed by atoms with Crippen LogP contribution in [0.25, 0.3) is 0 Å². The lowest BCUT2D eigenvalue weighted by atomic mass is 10.1. The van der Waals surface area contributed by atoms with E-state index in [0.717, 1.165) is 17.7 Å². The number of pyridine rings is 1. The summed E-state index contributed by atoms with van der Waals surface area (Å²) in [5, 5.41) is 0.161. The van der Waals surface area contributed by atoms with Gasteiger partial charge in [-0.15, -0.1) is 0 Å². The average molecular weight is 347 g/mol. The molecule has 0 atom stereocenters. The maximum Gasteiger partial charge on any atom is 0.192 e. The minimum atomic E-state index is -1.79. The van der Waals surface area contributed by atoms with Crippen LogP contribution in [-0.2, 0) is 11.0 Å². The molecule has 0 saturated carbocycles. The van der Waals surface area contributed by atoms with E-state index in [9.17, 15) is 8.78 Å². The molecule has 2 rings (SSSR count). The molecule has 0 aliphatic carbocycles. The molecule has 0 bridgehead atoms. The molecule has 5 heteroatoms. The molecule has 1 heterocycles. The van der Waals surface area contributed by atoms with Gasteiger partial charge < -0.3 is 4.43 Å². The van der Waals surface area contributed by atoms with Crippen molar-refractivity contribution in [3.05, 3.63) is 71.4 Å². The third kappa shape index (κ3) is 4.71. The normalized spacial score (nSPS) is 12.5. The molecular weight excluding hydrogens is 324 g/mol. The van der Waals surface area contributed by atoms with Crippen LogP contribution in [-0.4, -0.2) is 13.3 Å². The van der Waals surface area contributed by atoms with Crippen molar-refractivity contribution >= 4 is 8.32 Å². The van der Waals surface area contributed by atoms with E-state index in [1.807, 2.05) is 6.07 Å². The fraction of sp³-hybridized carbons (Fsp3) is 0.368. The topological polar surface area (TPSA) is 22.1 Å². The molecule has 1 aromatic carbocycles. The van der Waals surface area contributed by atoms with Crippen molar-refractivity contribution in [1.29, 1.82) is 0 Å². The Morgan fingerprint density at radius 2 is 1.79 bits per heavy atom. The number of benzene rings is 1. The Morgan fingerprint density at radius 1 is 1.08 bits per heavy atom. The Morgan fingerprint density at radius 3 is 2.33 bits per heavy atom. The lowest BCUT2D eigenvalue weighted by molar-refractivity contribution is 0.276. The van der Waals surface area contributed by atoms with Crippen LogP contribution in [0.2, 0.25) is 18.1 Å². The summed E-state index contributed by atoms with van der Waals surface area (Å²) < 4.78 is 32.3. The van der Waals surface area contributed by atoms with Crippen LogP contribution in [0.4, 0.5) is 8.78 Å². The molecule has 0 unspecified atom stereocenters. The highest BCUT2D eigenvalue weighted by molar-refractivity contribution is 6.74. The predicted molar refractivity (Wildman–Crippen MR) is 94.0 cm³/mol. The largest absolute Gasteiger partial charge is 0.413 e. The minimum absolute atomic E-state index is 0.161. The van der Waals surface area contributed by atoms with Crippen molar-refractivity contribution in [2.75, 3.05) is 0 Å². The van der Waals surface area contributed by atoms with Crippen molar-refractivity contribution in [3.8, 4) is 0 Å². The van der Waals surface area contributed by atoms with Gasteiger partial charge in [0.2, 0.25) is 0 Å². The molecule has 0 aliphatic heterocycles. The summed E-state index contributed by atoms with van der Waals surface area (Å²) in [5.74, 6) is -1.76. The molecule has 0 N–H and O–H groups in total. The minimum Gasteiger partial charge on any atom is -0.413 e. The van der Waals surface area contributed by atoms with Crippen LogP contribution in [0.15, 0.2) is 36.5 Å². The maximum atomic E-state index is 13.2. The second-order valence-electron chi connectivity index (χ2n) is 7.35. The lowest BCUT2D eigenvalue weighted by Crippen LogP contribution is -2.40. The zero-order chi connectivity index (χ0) is 18.0. The van der Waals surface area contributed by atoms with Crippen LogP contribution in [0.5, 0.6) is 0 Å². The highest BCUT2D eigenvalue weighted by Crippen LogP contribution is 2.37. The van der Waals surface area contributed by atoms with E-state index < -0.39 is 20.0 Å². The quantitative estimate of drug-likeness (QED) is 0.679. The number of halogens is 2. The standard InChI is InChI=1S/C19H23F2NOSi/c1-19(2,3)24(4,5)23-13-15-6-8-16(22-12-15)10-14-7-9-17(20)18(21)11-14/h6-9,11-12H,13H2,1-5H3. The highest BCUT2D eigenvalue weighted by Gasteiger charge is 2.36. The van der Waals surface area contributed by atoms with Gasteiger partial charge in [-0.2, -0.15) is 0 Å². The van der Waals surface area contributed by atoms with Gasteiger partial charge in [0.25, 0.3) is 0 Å².